The molecule has 2 heteroatoms. The Bertz CT molecular complexity index is 151. The molecule has 0 aromatic heterocycles. The van der Waals surface area contributed by atoms with Gasteiger partial charge in [0.1, 0.15) is 0 Å². The minimum absolute atomic E-state index is 0.148. The monoisotopic (exact) mass is 205 g/mol. The maximum atomic E-state index is 11.1. The van der Waals surface area contributed by atoms with Crippen LogP contribution >= 0.6 is 0 Å². The van der Waals surface area contributed by atoms with Crippen molar-refractivity contribution in [2.75, 3.05) is 0 Å². The van der Waals surface area contributed by atoms with E-state index in [1.807, 2.05) is 0 Å². The molecule has 1 aliphatic rings. The van der Waals surface area contributed by atoms with Gasteiger partial charge < -0.3 is 0 Å². The Kier molecular flexibility index (Phi) is 2.21. The van der Waals surface area contributed by atoms with Gasteiger partial charge in [0.05, 0.1) is 0 Å². The van der Waals surface area contributed by atoms with Gasteiger partial charge in [0.2, 0.25) is 0 Å². The summed E-state index contributed by atoms with van der Waals surface area (Å²) in [6, 6.07) is 0. The molecular formula is C8H13OSe. The van der Waals surface area contributed by atoms with Crippen molar-refractivity contribution in [3.8, 4) is 0 Å². The minimum atomic E-state index is 0.148. The SMILES string of the molecule is CC1CC(=O)CC(C)([Se])C1. The van der Waals surface area contributed by atoms with Gasteiger partial charge in [-0.15, -0.1) is 0 Å². The molecule has 0 aliphatic heterocycles. The van der Waals surface area contributed by atoms with Crippen molar-refractivity contribution in [3.05, 3.63) is 0 Å². The van der Waals surface area contributed by atoms with E-state index in [4.69, 9.17) is 0 Å². The second-order valence-electron chi connectivity index (χ2n) is 3.68. The zero-order chi connectivity index (χ0) is 7.78. The van der Waals surface area contributed by atoms with E-state index in [-0.39, 0.29) is 4.31 Å². The molecule has 0 spiro atoms. The predicted molar refractivity (Wildman–Crippen MR) is 42.1 cm³/mol. The molecule has 1 radical (unpaired) electrons. The topological polar surface area (TPSA) is 17.1 Å². The molecule has 0 saturated heterocycles. The Morgan fingerprint density at radius 1 is 1.70 bits per heavy atom. The summed E-state index contributed by atoms with van der Waals surface area (Å²) < 4.78 is 0.148. The van der Waals surface area contributed by atoms with Crippen molar-refractivity contribution >= 4 is 21.8 Å². The van der Waals surface area contributed by atoms with E-state index in [9.17, 15) is 4.79 Å². The quantitative estimate of drug-likeness (QED) is 0.549. The third kappa shape index (κ3) is 2.10. The Morgan fingerprint density at radius 3 is 2.70 bits per heavy atom. The number of hydrogen-bond acceptors (Lipinski definition) is 1. The standard InChI is InChI=1S/C8H13OSe/c1-6-3-7(9)5-8(2,10)4-6/h6H,3-5H2,1-2H3. The van der Waals surface area contributed by atoms with Crippen LogP contribution < -0.4 is 0 Å². The number of hydrogen-bond donors (Lipinski definition) is 0. The molecule has 0 heterocycles. The number of carbonyl (C=O) groups is 1. The number of rotatable bonds is 0. The molecule has 0 aromatic rings. The molecule has 1 saturated carbocycles. The van der Waals surface area contributed by atoms with Crippen LogP contribution in [0.3, 0.4) is 0 Å². The summed E-state index contributed by atoms with van der Waals surface area (Å²) in [6.07, 6.45) is 2.67. The van der Waals surface area contributed by atoms with Gasteiger partial charge in [0, 0.05) is 0 Å². The summed E-state index contributed by atoms with van der Waals surface area (Å²) in [5.74, 6) is 0.993. The Balaban J connectivity index is 2.59. The third-order valence-electron chi connectivity index (χ3n) is 1.93. The molecular weight excluding hydrogens is 191 g/mol. The molecule has 1 aliphatic carbocycles. The molecule has 1 fully saturated rings. The van der Waals surface area contributed by atoms with E-state index < -0.39 is 0 Å². The van der Waals surface area contributed by atoms with Crippen LogP contribution in [0.4, 0.5) is 0 Å². The van der Waals surface area contributed by atoms with Crippen LogP contribution in [0, 0.1) is 5.92 Å². The van der Waals surface area contributed by atoms with Crippen LogP contribution in [0.1, 0.15) is 33.1 Å². The normalized spacial score (nSPS) is 41.9. The maximum absolute atomic E-state index is 11.1. The average Bonchev–Trinajstić information content (AvgIpc) is 1.54. The first-order chi connectivity index (χ1) is 4.49. The van der Waals surface area contributed by atoms with Gasteiger partial charge >= 0.3 is 69.9 Å². The van der Waals surface area contributed by atoms with Crippen LogP contribution in [-0.4, -0.2) is 21.8 Å². The third-order valence-corrected chi connectivity index (χ3v) is 2.58. The second-order valence-corrected chi connectivity index (χ2v) is 5.75. The van der Waals surface area contributed by atoms with E-state index in [1.54, 1.807) is 0 Å². The van der Waals surface area contributed by atoms with Gasteiger partial charge in [0.15, 0.2) is 0 Å². The van der Waals surface area contributed by atoms with Gasteiger partial charge in [0.25, 0.3) is 0 Å². The van der Waals surface area contributed by atoms with E-state index in [0.717, 1.165) is 19.3 Å². The number of ketones is 1. The summed E-state index contributed by atoms with van der Waals surface area (Å²) in [6.45, 7) is 4.27. The fraction of sp³-hybridized carbons (Fsp3) is 0.875. The molecule has 0 bridgehead atoms. The van der Waals surface area contributed by atoms with Gasteiger partial charge in [-0.05, 0) is 0 Å². The fourth-order valence-corrected chi connectivity index (χ4v) is 2.69. The molecule has 2 unspecified atom stereocenters. The first-order valence-electron chi connectivity index (χ1n) is 3.72. The van der Waals surface area contributed by atoms with Crippen LogP contribution in [-0.2, 0) is 4.79 Å². The summed E-state index contributed by atoms with van der Waals surface area (Å²) in [7, 11) is 0. The van der Waals surface area contributed by atoms with Crippen molar-refractivity contribution in [1.82, 2.24) is 0 Å². The Morgan fingerprint density at radius 2 is 2.30 bits per heavy atom. The van der Waals surface area contributed by atoms with Crippen LogP contribution in [0.2, 0.25) is 4.31 Å². The molecule has 10 heavy (non-hydrogen) atoms. The van der Waals surface area contributed by atoms with E-state index in [0.29, 0.717) is 11.7 Å². The van der Waals surface area contributed by atoms with E-state index in [1.165, 1.54) is 0 Å². The predicted octanol–water partition coefficient (Wildman–Crippen LogP) is 1.72. The first-order valence-corrected chi connectivity index (χ1v) is 4.57. The fourth-order valence-electron chi connectivity index (χ4n) is 1.76. The van der Waals surface area contributed by atoms with Gasteiger partial charge in [-0.25, -0.2) is 0 Å². The van der Waals surface area contributed by atoms with Gasteiger partial charge in [-0.2, -0.15) is 0 Å². The zero-order valence-electron chi connectivity index (χ0n) is 6.52. The molecule has 0 aromatic carbocycles. The molecule has 2 atom stereocenters. The van der Waals surface area contributed by atoms with Crippen molar-refractivity contribution in [3.63, 3.8) is 0 Å². The van der Waals surface area contributed by atoms with Gasteiger partial charge in [-0.1, -0.05) is 0 Å². The molecule has 57 valence electrons. The van der Waals surface area contributed by atoms with Crippen LogP contribution in [0.5, 0.6) is 0 Å². The zero-order valence-corrected chi connectivity index (χ0v) is 8.23. The van der Waals surface area contributed by atoms with E-state index >= 15 is 0 Å². The van der Waals surface area contributed by atoms with Crippen LogP contribution in [0.25, 0.3) is 0 Å². The van der Waals surface area contributed by atoms with Crippen molar-refractivity contribution in [2.45, 2.75) is 37.4 Å². The van der Waals surface area contributed by atoms with Crippen molar-refractivity contribution < 1.29 is 4.79 Å². The van der Waals surface area contributed by atoms with Crippen molar-refractivity contribution in [1.29, 1.82) is 0 Å². The first kappa shape index (κ1) is 8.29. The average molecular weight is 204 g/mol. The number of Topliss-reactive ketones (excluding diaryl/α,β-unsaturated/α-hetero) is 1. The molecule has 0 amide bonds. The van der Waals surface area contributed by atoms with E-state index in [2.05, 4.69) is 29.9 Å². The van der Waals surface area contributed by atoms with Gasteiger partial charge in [-0.3, -0.25) is 0 Å². The van der Waals surface area contributed by atoms with Crippen LogP contribution in [0.15, 0.2) is 0 Å². The second kappa shape index (κ2) is 2.67. The van der Waals surface area contributed by atoms with Crippen molar-refractivity contribution in [2.24, 2.45) is 5.92 Å². The summed E-state index contributed by atoms with van der Waals surface area (Å²) in [5.41, 5.74) is 0. The summed E-state index contributed by atoms with van der Waals surface area (Å²) >= 11 is 3.10. The summed E-state index contributed by atoms with van der Waals surface area (Å²) in [5, 5.41) is 0. The molecule has 0 N–H and O–H groups in total. The molecule has 1 rings (SSSR count). The molecule has 1 nitrogen and oxygen atoms in total. The Hall–Kier alpha value is 0.189. The Labute approximate surface area is 70.4 Å². The summed E-state index contributed by atoms with van der Waals surface area (Å²) in [4.78, 5) is 11.1. The number of carbonyl (C=O) groups excluding carboxylic acids is 1.